The summed E-state index contributed by atoms with van der Waals surface area (Å²) in [5.74, 6) is 0.748. The Balaban J connectivity index is 2.94. The van der Waals surface area contributed by atoms with E-state index in [0.29, 0.717) is 12.4 Å². The topological polar surface area (TPSA) is 100 Å². The van der Waals surface area contributed by atoms with Crippen LogP contribution in [0.3, 0.4) is 0 Å². The maximum atomic E-state index is 10.9. The molecule has 0 atom stereocenters. The number of aliphatic hydroxyl groups is 1. The van der Waals surface area contributed by atoms with Crippen molar-refractivity contribution in [2.24, 2.45) is 5.41 Å². The molecule has 0 saturated carbocycles. The first kappa shape index (κ1) is 14.2. The van der Waals surface area contributed by atoms with Gasteiger partial charge in [-0.3, -0.25) is 10.1 Å². The SMILES string of the molecule is CNc1ccc([N+](=O)[O-])c(NCC(C)(C)CO)n1. The van der Waals surface area contributed by atoms with Crippen LogP contribution in [0, 0.1) is 15.5 Å². The van der Waals surface area contributed by atoms with Crippen LogP contribution in [0.4, 0.5) is 17.3 Å². The van der Waals surface area contributed by atoms with Crippen molar-refractivity contribution in [3.8, 4) is 0 Å². The summed E-state index contributed by atoms with van der Waals surface area (Å²) < 4.78 is 0. The van der Waals surface area contributed by atoms with Crippen LogP contribution < -0.4 is 10.6 Å². The van der Waals surface area contributed by atoms with Crippen LogP contribution in [0.5, 0.6) is 0 Å². The minimum Gasteiger partial charge on any atom is -0.396 e. The lowest BCUT2D eigenvalue weighted by Gasteiger charge is -2.22. The molecular weight excluding hydrogens is 236 g/mol. The van der Waals surface area contributed by atoms with Gasteiger partial charge in [0, 0.05) is 31.7 Å². The Hall–Kier alpha value is -1.89. The van der Waals surface area contributed by atoms with E-state index in [4.69, 9.17) is 5.11 Å². The lowest BCUT2D eigenvalue weighted by atomic mass is 9.95. The third kappa shape index (κ3) is 3.56. The van der Waals surface area contributed by atoms with Gasteiger partial charge in [0.25, 0.3) is 0 Å². The summed E-state index contributed by atoms with van der Waals surface area (Å²) in [5, 5.41) is 25.7. The summed E-state index contributed by atoms with van der Waals surface area (Å²) >= 11 is 0. The van der Waals surface area contributed by atoms with Crippen molar-refractivity contribution in [2.45, 2.75) is 13.8 Å². The van der Waals surface area contributed by atoms with Gasteiger partial charge in [-0.05, 0) is 6.07 Å². The molecule has 0 saturated heterocycles. The second-order valence-electron chi connectivity index (χ2n) is 4.75. The number of pyridine rings is 1. The number of nitrogens with zero attached hydrogens (tertiary/aromatic N) is 2. The van der Waals surface area contributed by atoms with E-state index in [1.165, 1.54) is 6.07 Å². The highest BCUT2D eigenvalue weighted by molar-refractivity contribution is 5.60. The molecule has 0 amide bonds. The first-order chi connectivity index (χ1) is 8.39. The molecule has 0 aromatic carbocycles. The fraction of sp³-hybridized carbons (Fsp3) is 0.545. The number of rotatable bonds is 6. The van der Waals surface area contributed by atoms with Crippen molar-refractivity contribution in [1.29, 1.82) is 0 Å². The zero-order valence-electron chi connectivity index (χ0n) is 10.7. The average molecular weight is 254 g/mol. The Kier molecular flexibility index (Phi) is 4.43. The Morgan fingerprint density at radius 1 is 1.50 bits per heavy atom. The quantitative estimate of drug-likeness (QED) is 0.525. The second kappa shape index (κ2) is 5.63. The number of aliphatic hydroxyl groups excluding tert-OH is 1. The molecule has 18 heavy (non-hydrogen) atoms. The number of anilines is 2. The summed E-state index contributed by atoms with van der Waals surface area (Å²) in [6.45, 7) is 4.09. The second-order valence-corrected chi connectivity index (χ2v) is 4.75. The van der Waals surface area contributed by atoms with Gasteiger partial charge in [-0.25, -0.2) is 4.98 Å². The van der Waals surface area contributed by atoms with Crippen LogP contribution in [0.15, 0.2) is 12.1 Å². The number of nitro groups is 1. The van der Waals surface area contributed by atoms with Gasteiger partial charge < -0.3 is 15.7 Å². The minimum absolute atomic E-state index is 0.0144. The molecule has 0 aliphatic rings. The van der Waals surface area contributed by atoms with Crippen molar-refractivity contribution < 1.29 is 10.0 Å². The molecule has 0 fully saturated rings. The van der Waals surface area contributed by atoms with Crippen LogP contribution in [-0.2, 0) is 0 Å². The molecule has 3 N–H and O–H groups in total. The van der Waals surface area contributed by atoms with E-state index in [9.17, 15) is 10.1 Å². The number of hydrogen-bond acceptors (Lipinski definition) is 6. The number of nitrogens with one attached hydrogen (secondary N) is 2. The smallest absolute Gasteiger partial charge is 0.311 e. The Morgan fingerprint density at radius 2 is 2.17 bits per heavy atom. The molecule has 7 nitrogen and oxygen atoms in total. The summed E-state index contributed by atoms with van der Waals surface area (Å²) in [5.41, 5.74) is -0.451. The van der Waals surface area contributed by atoms with Gasteiger partial charge in [-0.15, -0.1) is 0 Å². The summed E-state index contributed by atoms with van der Waals surface area (Å²) in [6.07, 6.45) is 0. The van der Waals surface area contributed by atoms with E-state index >= 15 is 0 Å². The summed E-state index contributed by atoms with van der Waals surface area (Å²) in [6, 6.07) is 2.94. The molecule has 7 heteroatoms. The van der Waals surface area contributed by atoms with Crippen LogP contribution in [0.25, 0.3) is 0 Å². The first-order valence-corrected chi connectivity index (χ1v) is 5.57. The molecule has 1 rings (SSSR count). The molecule has 1 heterocycles. The third-order valence-corrected chi connectivity index (χ3v) is 2.49. The first-order valence-electron chi connectivity index (χ1n) is 5.57. The van der Waals surface area contributed by atoms with Crippen LogP contribution in [0.2, 0.25) is 0 Å². The van der Waals surface area contributed by atoms with E-state index in [0.717, 1.165) is 0 Å². The van der Waals surface area contributed by atoms with Crippen LogP contribution >= 0.6 is 0 Å². The lowest BCUT2D eigenvalue weighted by molar-refractivity contribution is -0.384. The van der Waals surface area contributed by atoms with Crippen molar-refractivity contribution in [1.82, 2.24) is 4.98 Å². The Morgan fingerprint density at radius 3 is 2.67 bits per heavy atom. The maximum absolute atomic E-state index is 10.9. The average Bonchev–Trinajstić information content (AvgIpc) is 2.36. The van der Waals surface area contributed by atoms with Crippen molar-refractivity contribution >= 4 is 17.3 Å². The normalized spacial score (nSPS) is 11.1. The fourth-order valence-electron chi connectivity index (χ4n) is 1.25. The van der Waals surface area contributed by atoms with Gasteiger partial charge in [-0.1, -0.05) is 13.8 Å². The third-order valence-electron chi connectivity index (χ3n) is 2.49. The van der Waals surface area contributed by atoms with Gasteiger partial charge in [-0.2, -0.15) is 0 Å². The monoisotopic (exact) mass is 254 g/mol. The number of aromatic nitrogens is 1. The van der Waals surface area contributed by atoms with E-state index in [1.54, 1.807) is 13.1 Å². The van der Waals surface area contributed by atoms with Gasteiger partial charge in [0.2, 0.25) is 5.82 Å². The van der Waals surface area contributed by atoms with E-state index in [-0.39, 0.29) is 23.5 Å². The van der Waals surface area contributed by atoms with E-state index in [2.05, 4.69) is 15.6 Å². The molecule has 0 radical (unpaired) electrons. The van der Waals surface area contributed by atoms with Crippen molar-refractivity contribution in [3.05, 3.63) is 22.2 Å². The highest BCUT2D eigenvalue weighted by Gasteiger charge is 2.20. The van der Waals surface area contributed by atoms with E-state index < -0.39 is 4.92 Å². The van der Waals surface area contributed by atoms with Gasteiger partial charge in [0.15, 0.2) is 0 Å². The fourth-order valence-corrected chi connectivity index (χ4v) is 1.25. The van der Waals surface area contributed by atoms with Crippen molar-refractivity contribution in [3.63, 3.8) is 0 Å². The Labute approximate surface area is 105 Å². The molecular formula is C11H18N4O3. The Bertz CT molecular complexity index is 434. The molecule has 0 bridgehead atoms. The molecule has 0 unspecified atom stereocenters. The minimum atomic E-state index is -0.485. The predicted octanol–water partition coefficient (Wildman–Crippen LogP) is 1.46. The highest BCUT2D eigenvalue weighted by atomic mass is 16.6. The van der Waals surface area contributed by atoms with Gasteiger partial charge in [0.05, 0.1) is 4.92 Å². The largest absolute Gasteiger partial charge is 0.396 e. The molecule has 0 aliphatic carbocycles. The highest BCUT2D eigenvalue weighted by Crippen LogP contribution is 2.25. The maximum Gasteiger partial charge on any atom is 0.311 e. The molecule has 1 aromatic rings. The predicted molar refractivity (Wildman–Crippen MR) is 69.8 cm³/mol. The zero-order valence-corrected chi connectivity index (χ0v) is 10.7. The summed E-state index contributed by atoms with van der Waals surface area (Å²) in [4.78, 5) is 14.5. The van der Waals surface area contributed by atoms with Gasteiger partial charge >= 0.3 is 5.69 Å². The standard InChI is InChI=1S/C11H18N4O3/c1-11(2,7-16)6-13-10-8(15(17)18)4-5-9(12-3)14-10/h4-5,16H,6-7H2,1-3H3,(H2,12,13,14). The van der Waals surface area contributed by atoms with Crippen LogP contribution in [0.1, 0.15) is 13.8 Å². The zero-order chi connectivity index (χ0) is 13.8. The van der Waals surface area contributed by atoms with E-state index in [1.807, 2.05) is 13.8 Å². The van der Waals surface area contributed by atoms with Crippen molar-refractivity contribution in [2.75, 3.05) is 30.8 Å². The lowest BCUT2D eigenvalue weighted by Crippen LogP contribution is -2.27. The van der Waals surface area contributed by atoms with Gasteiger partial charge in [0.1, 0.15) is 5.82 Å². The molecule has 1 aromatic heterocycles. The number of hydrogen-bond donors (Lipinski definition) is 3. The molecule has 0 aliphatic heterocycles. The van der Waals surface area contributed by atoms with Crippen LogP contribution in [-0.4, -0.2) is 35.2 Å². The molecule has 0 spiro atoms. The summed E-state index contributed by atoms with van der Waals surface area (Å²) in [7, 11) is 1.69. The molecule has 100 valence electrons.